The van der Waals surface area contributed by atoms with Crippen molar-refractivity contribution in [3.05, 3.63) is 64.1 Å². The summed E-state index contributed by atoms with van der Waals surface area (Å²) in [5, 5.41) is 14.2. The van der Waals surface area contributed by atoms with Crippen molar-refractivity contribution in [3.8, 4) is 0 Å². The first-order chi connectivity index (χ1) is 10.5. The van der Waals surface area contributed by atoms with Gasteiger partial charge in [0.25, 0.3) is 0 Å². The number of nitrogens with one attached hydrogen (secondary N) is 1. The highest BCUT2D eigenvalue weighted by molar-refractivity contribution is 6.31. The summed E-state index contributed by atoms with van der Waals surface area (Å²) >= 11 is 11.9. The van der Waals surface area contributed by atoms with Crippen molar-refractivity contribution in [3.63, 3.8) is 0 Å². The van der Waals surface area contributed by atoms with E-state index in [-0.39, 0.29) is 11.4 Å². The lowest BCUT2D eigenvalue weighted by Gasteiger charge is -2.10. The SMILES string of the molecule is O=C(O)c1cc2ccc(Cl)cc2nc1Nc1cccc(Cl)c1. The maximum absolute atomic E-state index is 11.5. The Morgan fingerprint density at radius 3 is 2.55 bits per heavy atom. The maximum atomic E-state index is 11.5. The molecule has 6 heteroatoms. The molecule has 0 atom stereocenters. The molecule has 2 aromatic carbocycles. The molecule has 3 rings (SSSR count). The van der Waals surface area contributed by atoms with Crippen LogP contribution in [0, 0.1) is 0 Å². The van der Waals surface area contributed by atoms with Crippen LogP contribution < -0.4 is 5.32 Å². The normalized spacial score (nSPS) is 10.6. The van der Waals surface area contributed by atoms with Gasteiger partial charge >= 0.3 is 5.97 Å². The van der Waals surface area contributed by atoms with Crippen LogP contribution in [0.1, 0.15) is 10.4 Å². The number of aromatic nitrogens is 1. The molecular weight excluding hydrogens is 323 g/mol. The molecule has 0 aliphatic rings. The summed E-state index contributed by atoms with van der Waals surface area (Å²) in [6.07, 6.45) is 0. The molecule has 0 fully saturated rings. The second kappa shape index (κ2) is 5.83. The number of carboxylic acid groups (broad SMARTS) is 1. The molecule has 0 amide bonds. The number of benzene rings is 2. The number of carboxylic acids is 1. The average molecular weight is 333 g/mol. The fraction of sp³-hybridized carbons (Fsp3) is 0. The van der Waals surface area contributed by atoms with E-state index in [1.54, 1.807) is 48.5 Å². The summed E-state index contributed by atoms with van der Waals surface area (Å²) in [4.78, 5) is 15.8. The summed E-state index contributed by atoms with van der Waals surface area (Å²) in [7, 11) is 0. The van der Waals surface area contributed by atoms with Gasteiger partial charge in [0.15, 0.2) is 0 Å². The van der Waals surface area contributed by atoms with Gasteiger partial charge in [-0.05, 0) is 36.4 Å². The van der Waals surface area contributed by atoms with E-state index in [0.29, 0.717) is 26.6 Å². The van der Waals surface area contributed by atoms with Crippen molar-refractivity contribution in [1.29, 1.82) is 0 Å². The summed E-state index contributed by atoms with van der Waals surface area (Å²) < 4.78 is 0. The molecule has 2 N–H and O–H groups in total. The smallest absolute Gasteiger partial charge is 0.339 e. The lowest BCUT2D eigenvalue weighted by molar-refractivity contribution is 0.0698. The van der Waals surface area contributed by atoms with Crippen molar-refractivity contribution >= 4 is 51.6 Å². The monoisotopic (exact) mass is 332 g/mol. The van der Waals surface area contributed by atoms with E-state index in [4.69, 9.17) is 23.2 Å². The van der Waals surface area contributed by atoms with Gasteiger partial charge in [-0.15, -0.1) is 0 Å². The third-order valence-corrected chi connectivity index (χ3v) is 3.57. The van der Waals surface area contributed by atoms with Crippen LogP contribution in [0.2, 0.25) is 10.0 Å². The minimum Gasteiger partial charge on any atom is -0.478 e. The Hall–Kier alpha value is -2.30. The Morgan fingerprint density at radius 2 is 1.82 bits per heavy atom. The highest BCUT2D eigenvalue weighted by Crippen LogP contribution is 2.26. The van der Waals surface area contributed by atoms with Gasteiger partial charge in [-0.2, -0.15) is 0 Å². The predicted molar refractivity (Wildman–Crippen MR) is 88.4 cm³/mol. The van der Waals surface area contributed by atoms with E-state index in [9.17, 15) is 9.90 Å². The van der Waals surface area contributed by atoms with Crippen molar-refractivity contribution in [2.45, 2.75) is 0 Å². The summed E-state index contributed by atoms with van der Waals surface area (Å²) in [6, 6.07) is 13.7. The topological polar surface area (TPSA) is 62.2 Å². The molecular formula is C16H10Cl2N2O2. The molecule has 1 heterocycles. The Kier molecular flexibility index (Phi) is 3.88. The molecule has 0 aliphatic carbocycles. The zero-order valence-electron chi connectivity index (χ0n) is 11.2. The fourth-order valence-electron chi connectivity index (χ4n) is 2.10. The number of pyridine rings is 1. The van der Waals surface area contributed by atoms with Gasteiger partial charge in [0.2, 0.25) is 0 Å². The van der Waals surface area contributed by atoms with Gasteiger partial charge < -0.3 is 10.4 Å². The van der Waals surface area contributed by atoms with Crippen LogP contribution in [0.4, 0.5) is 11.5 Å². The zero-order valence-corrected chi connectivity index (χ0v) is 12.7. The number of halogens is 2. The molecule has 3 aromatic rings. The number of aromatic carboxylic acids is 1. The highest BCUT2D eigenvalue weighted by atomic mass is 35.5. The molecule has 0 aliphatic heterocycles. The maximum Gasteiger partial charge on any atom is 0.339 e. The lowest BCUT2D eigenvalue weighted by atomic mass is 10.1. The Labute approximate surface area is 136 Å². The molecule has 0 bridgehead atoms. The van der Waals surface area contributed by atoms with Crippen molar-refractivity contribution in [1.82, 2.24) is 4.98 Å². The second-order valence-corrected chi connectivity index (χ2v) is 5.53. The fourth-order valence-corrected chi connectivity index (χ4v) is 2.46. The highest BCUT2D eigenvalue weighted by Gasteiger charge is 2.14. The predicted octanol–water partition coefficient (Wildman–Crippen LogP) is 4.98. The Morgan fingerprint density at radius 1 is 1.05 bits per heavy atom. The molecule has 0 saturated heterocycles. The Bertz CT molecular complexity index is 881. The first-order valence-electron chi connectivity index (χ1n) is 6.39. The van der Waals surface area contributed by atoms with Crippen LogP contribution in [-0.2, 0) is 0 Å². The molecule has 0 saturated carbocycles. The third-order valence-electron chi connectivity index (χ3n) is 3.10. The first-order valence-corrected chi connectivity index (χ1v) is 7.15. The molecule has 0 spiro atoms. The molecule has 0 radical (unpaired) electrons. The van der Waals surface area contributed by atoms with Crippen molar-refractivity contribution in [2.75, 3.05) is 5.32 Å². The van der Waals surface area contributed by atoms with Crippen molar-refractivity contribution in [2.24, 2.45) is 0 Å². The second-order valence-electron chi connectivity index (χ2n) is 4.66. The van der Waals surface area contributed by atoms with Crippen LogP contribution in [0.5, 0.6) is 0 Å². The molecule has 0 unspecified atom stereocenters. The number of carbonyl (C=O) groups is 1. The van der Waals surface area contributed by atoms with E-state index in [1.165, 1.54) is 0 Å². The van der Waals surface area contributed by atoms with Crippen LogP contribution >= 0.6 is 23.2 Å². The Balaban J connectivity index is 2.13. The number of nitrogens with zero attached hydrogens (tertiary/aromatic N) is 1. The largest absolute Gasteiger partial charge is 0.478 e. The number of fused-ring (bicyclic) bond motifs is 1. The van der Waals surface area contributed by atoms with Crippen LogP contribution in [0.25, 0.3) is 10.9 Å². The summed E-state index contributed by atoms with van der Waals surface area (Å²) in [5.41, 5.74) is 1.35. The van der Waals surface area contributed by atoms with Gasteiger partial charge in [0.05, 0.1) is 5.52 Å². The zero-order chi connectivity index (χ0) is 15.7. The van der Waals surface area contributed by atoms with E-state index < -0.39 is 5.97 Å². The van der Waals surface area contributed by atoms with E-state index in [0.717, 1.165) is 0 Å². The van der Waals surface area contributed by atoms with Gasteiger partial charge in [-0.1, -0.05) is 35.3 Å². The van der Waals surface area contributed by atoms with Crippen LogP contribution in [0.15, 0.2) is 48.5 Å². The number of hydrogen-bond acceptors (Lipinski definition) is 3. The molecule has 110 valence electrons. The summed E-state index contributed by atoms with van der Waals surface area (Å²) in [6.45, 7) is 0. The van der Waals surface area contributed by atoms with Crippen LogP contribution in [0.3, 0.4) is 0 Å². The van der Waals surface area contributed by atoms with Gasteiger partial charge in [0, 0.05) is 21.1 Å². The number of anilines is 2. The third kappa shape index (κ3) is 2.98. The minimum absolute atomic E-state index is 0.0785. The van der Waals surface area contributed by atoms with E-state index >= 15 is 0 Å². The minimum atomic E-state index is -1.06. The van der Waals surface area contributed by atoms with Crippen molar-refractivity contribution < 1.29 is 9.90 Å². The van der Waals surface area contributed by atoms with Gasteiger partial charge in [0.1, 0.15) is 11.4 Å². The number of hydrogen-bond donors (Lipinski definition) is 2. The number of rotatable bonds is 3. The standard InChI is InChI=1S/C16H10Cl2N2O2/c17-10-2-1-3-12(7-10)19-15-13(16(21)22)6-9-4-5-11(18)8-14(9)20-15/h1-8H,(H,19,20)(H,21,22). The van der Waals surface area contributed by atoms with Crippen LogP contribution in [-0.4, -0.2) is 16.1 Å². The quantitative estimate of drug-likeness (QED) is 0.709. The molecule has 4 nitrogen and oxygen atoms in total. The first kappa shape index (κ1) is 14.6. The average Bonchev–Trinajstić information content (AvgIpc) is 2.46. The lowest BCUT2D eigenvalue weighted by Crippen LogP contribution is -2.05. The summed E-state index contributed by atoms with van der Waals surface area (Å²) in [5.74, 6) is -0.821. The molecule has 1 aromatic heterocycles. The van der Waals surface area contributed by atoms with Gasteiger partial charge in [-0.25, -0.2) is 9.78 Å². The van der Waals surface area contributed by atoms with E-state index in [2.05, 4.69) is 10.3 Å². The molecule has 22 heavy (non-hydrogen) atoms. The van der Waals surface area contributed by atoms with Gasteiger partial charge in [-0.3, -0.25) is 0 Å². The van der Waals surface area contributed by atoms with E-state index in [1.807, 2.05) is 0 Å².